The zero-order valence-corrected chi connectivity index (χ0v) is 11.5. The van der Waals surface area contributed by atoms with Crippen molar-refractivity contribution in [2.45, 2.75) is 13.0 Å². The summed E-state index contributed by atoms with van der Waals surface area (Å²) in [6.45, 7) is 1.93. The lowest BCUT2D eigenvalue weighted by Gasteiger charge is -2.13. The number of hydrogen-bond acceptors (Lipinski definition) is 3. The van der Waals surface area contributed by atoms with Crippen LogP contribution in [-0.4, -0.2) is 13.0 Å². The van der Waals surface area contributed by atoms with Crippen molar-refractivity contribution in [2.75, 3.05) is 7.11 Å². The molecule has 1 aromatic carbocycles. The molecule has 0 bridgehead atoms. The lowest BCUT2D eigenvalue weighted by Crippen LogP contribution is -2.24. The zero-order valence-electron chi connectivity index (χ0n) is 11.5. The molecule has 1 amide bonds. The molecular formula is C16H17NO3. The van der Waals surface area contributed by atoms with Gasteiger partial charge in [-0.2, -0.15) is 0 Å². The number of ether oxygens (including phenoxy) is 1. The molecule has 2 aromatic rings. The van der Waals surface area contributed by atoms with Crippen LogP contribution in [0.25, 0.3) is 6.08 Å². The third-order valence-electron chi connectivity index (χ3n) is 2.92. The first-order valence-electron chi connectivity index (χ1n) is 6.35. The van der Waals surface area contributed by atoms with Gasteiger partial charge in [0.2, 0.25) is 5.91 Å². The molecule has 0 spiro atoms. The van der Waals surface area contributed by atoms with E-state index < -0.39 is 0 Å². The standard InChI is InChI=1S/C16H17NO3/c1-12(13-5-7-14(19-2)8-6-13)17-16(18)10-9-15-4-3-11-20-15/h3-12H,1-2H3,(H,17,18)/b10-9+/t12-/m1/s1. The topological polar surface area (TPSA) is 51.5 Å². The van der Waals surface area contributed by atoms with Gasteiger partial charge in [-0.05, 0) is 42.8 Å². The maximum atomic E-state index is 11.8. The Bertz CT molecular complexity index is 570. The van der Waals surface area contributed by atoms with Gasteiger partial charge in [0.1, 0.15) is 11.5 Å². The van der Waals surface area contributed by atoms with Crippen molar-refractivity contribution in [2.24, 2.45) is 0 Å². The smallest absolute Gasteiger partial charge is 0.244 e. The van der Waals surface area contributed by atoms with Crippen LogP contribution in [0.3, 0.4) is 0 Å². The number of carbonyl (C=O) groups excluding carboxylic acids is 1. The van der Waals surface area contributed by atoms with E-state index in [1.165, 1.54) is 6.08 Å². The van der Waals surface area contributed by atoms with E-state index in [-0.39, 0.29) is 11.9 Å². The molecule has 0 aliphatic carbocycles. The minimum Gasteiger partial charge on any atom is -0.497 e. The van der Waals surface area contributed by atoms with Crippen molar-refractivity contribution < 1.29 is 13.9 Å². The number of rotatable bonds is 5. The zero-order chi connectivity index (χ0) is 14.4. The summed E-state index contributed by atoms with van der Waals surface area (Å²) in [4.78, 5) is 11.8. The van der Waals surface area contributed by atoms with Crippen LogP contribution in [0, 0.1) is 0 Å². The second-order valence-corrected chi connectivity index (χ2v) is 4.35. The predicted molar refractivity (Wildman–Crippen MR) is 77.3 cm³/mol. The molecule has 0 radical (unpaired) electrons. The number of methoxy groups -OCH3 is 1. The molecule has 0 saturated heterocycles. The van der Waals surface area contributed by atoms with E-state index in [1.807, 2.05) is 31.2 Å². The highest BCUT2D eigenvalue weighted by Gasteiger charge is 2.07. The molecule has 1 N–H and O–H groups in total. The molecule has 0 unspecified atom stereocenters. The van der Waals surface area contributed by atoms with E-state index in [0.29, 0.717) is 5.76 Å². The van der Waals surface area contributed by atoms with E-state index in [9.17, 15) is 4.79 Å². The molecule has 4 nitrogen and oxygen atoms in total. The lowest BCUT2D eigenvalue weighted by atomic mass is 10.1. The highest BCUT2D eigenvalue weighted by Crippen LogP contribution is 2.17. The van der Waals surface area contributed by atoms with E-state index in [1.54, 1.807) is 31.6 Å². The van der Waals surface area contributed by atoms with Gasteiger partial charge in [-0.3, -0.25) is 4.79 Å². The average Bonchev–Trinajstić information content (AvgIpc) is 2.98. The van der Waals surface area contributed by atoms with Crippen LogP contribution in [0.4, 0.5) is 0 Å². The van der Waals surface area contributed by atoms with E-state index in [4.69, 9.17) is 9.15 Å². The molecule has 1 aromatic heterocycles. The van der Waals surface area contributed by atoms with Crippen molar-refractivity contribution in [3.8, 4) is 5.75 Å². The van der Waals surface area contributed by atoms with E-state index >= 15 is 0 Å². The van der Waals surface area contributed by atoms with Gasteiger partial charge in [0.15, 0.2) is 0 Å². The summed E-state index contributed by atoms with van der Waals surface area (Å²) in [5, 5.41) is 2.89. The van der Waals surface area contributed by atoms with Gasteiger partial charge in [-0.25, -0.2) is 0 Å². The van der Waals surface area contributed by atoms with Gasteiger partial charge < -0.3 is 14.5 Å². The molecule has 0 aliphatic rings. The molecular weight excluding hydrogens is 254 g/mol. The number of furan rings is 1. The first-order valence-corrected chi connectivity index (χ1v) is 6.35. The van der Waals surface area contributed by atoms with Crippen LogP contribution in [0.1, 0.15) is 24.3 Å². The van der Waals surface area contributed by atoms with Crippen LogP contribution >= 0.6 is 0 Å². The summed E-state index contributed by atoms with van der Waals surface area (Å²) in [6.07, 6.45) is 4.66. The fourth-order valence-corrected chi connectivity index (χ4v) is 1.78. The Hall–Kier alpha value is -2.49. The highest BCUT2D eigenvalue weighted by atomic mass is 16.5. The summed E-state index contributed by atoms with van der Waals surface area (Å²) in [5.74, 6) is 1.28. The van der Waals surface area contributed by atoms with Crippen molar-refractivity contribution in [1.82, 2.24) is 5.32 Å². The number of carbonyl (C=O) groups is 1. The van der Waals surface area contributed by atoms with Gasteiger partial charge in [0.05, 0.1) is 19.4 Å². The normalized spacial score (nSPS) is 12.3. The SMILES string of the molecule is COc1ccc([C@@H](C)NC(=O)/C=C/c2ccco2)cc1. The monoisotopic (exact) mass is 271 g/mol. The number of benzene rings is 1. The van der Waals surface area contributed by atoms with Crippen molar-refractivity contribution >= 4 is 12.0 Å². The second-order valence-electron chi connectivity index (χ2n) is 4.35. The van der Waals surface area contributed by atoms with Gasteiger partial charge in [0, 0.05) is 6.08 Å². The molecule has 2 rings (SSSR count). The quantitative estimate of drug-likeness (QED) is 0.850. The van der Waals surface area contributed by atoms with Gasteiger partial charge in [-0.1, -0.05) is 12.1 Å². The maximum Gasteiger partial charge on any atom is 0.244 e. The second kappa shape index (κ2) is 6.61. The minimum absolute atomic E-state index is 0.0744. The summed E-state index contributed by atoms with van der Waals surface area (Å²) < 4.78 is 10.2. The predicted octanol–water partition coefficient (Wildman–Crippen LogP) is 3.18. The fraction of sp³-hybridized carbons (Fsp3) is 0.188. The lowest BCUT2D eigenvalue weighted by molar-refractivity contribution is -0.117. The fourth-order valence-electron chi connectivity index (χ4n) is 1.78. The first kappa shape index (κ1) is 13.9. The van der Waals surface area contributed by atoms with Crippen LogP contribution in [0.15, 0.2) is 53.2 Å². The Labute approximate surface area is 118 Å². The van der Waals surface area contributed by atoms with Crippen molar-refractivity contribution in [3.63, 3.8) is 0 Å². The summed E-state index contributed by atoms with van der Waals surface area (Å²) in [7, 11) is 1.62. The van der Waals surface area contributed by atoms with Crippen LogP contribution < -0.4 is 10.1 Å². The van der Waals surface area contributed by atoms with Crippen LogP contribution in [0.5, 0.6) is 5.75 Å². The number of hydrogen-bond donors (Lipinski definition) is 1. The molecule has 0 saturated carbocycles. The Balaban J connectivity index is 1.92. The third kappa shape index (κ3) is 3.75. The Morgan fingerprint density at radius 2 is 2.05 bits per heavy atom. The molecule has 1 heterocycles. The Morgan fingerprint density at radius 1 is 1.30 bits per heavy atom. The molecule has 0 aliphatic heterocycles. The maximum absolute atomic E-state index is 11.8. The molecule has 4 heteroatoms. The Kier molecular flexibility index (Phi) is 4.60. The molecule has 20 heavy (non-hydrogen) atoms. The van der Waals surface area contributed by atoms with Gasteiger partial charge >= 0.3 is 0 Å². The number of nitrogens with one attached hydrogen (secondary N) is 1. The van der Waals surface area contributed by atoms with Crippen LogP contribution in [0.2, 0.25) is 0 Å². The highest BCUT2D eigenvalue weighted by molar-refractivity contribution is 5.91. The van der Waals surface area contributed by atoms with E-state index in [2.05, 4.69) is 5.32 Å². The third-order valence-corrected chi connectivity index (χ3v) is 2.92. The first-order chi connectivity index (χ1) is 9.69. The Morgan fingerprint density at radius 3 is 2.65 bits per heavy atom. The minimum atomic E-state index is -0.162. The van der Waals surface area contributed by atoms with E-state index in [0.717, 1.165) is 11.3 Å². The summed E-state index contributed by atoms with van der Waals surface area (Å²) >= 11 is 0. The average molecular weight is 271 g/mol. The van der Waals surface area contributed by atoms with Gasteiger partial charge in [0.25, 0.3) is 0 Å². The number of amides is 1. The largest absolute Gasteiger partial charge is 0.497 e. The van der Waals surface area contributed by atoms with Gasteiger partial charge in [-0.15, -0.1) is 0 Å². The summed E-state index contributed by atoms with van der Waals surface area (Å²) in [5.41, 5.74) is 1.02. The summed E-state index contributed by atoms with van der Waals surface area (Å²) in [6, 6.07) is 11.1. The molecule has 104 valence electrons. The van der Waals surface area contributed by atoms with Crippen LogP contribution in [-0.2, 0) is 4.79 Å². The van der Waals surface area contributed by atoms with Crippen molar-refractivity contribution in [3.05, 3.63) is 60.1 Å². The molecule has 1 atom stereocenters. The molecule has 0 fully saturated rings. The van der Waals surface area contributed by atoms with Crippen molar-refractivity contribution in [1.29, 1.82) is 0 Å².